The van der Waals surface area contributed by atoms with E-state index in [0.29, 0.717) is 6.04 Å². The molecule has 2 rings (SSSR count). The first-order valence-corrected chi connectivity index (χ1v) is 7.06. The van der Waals surface area contributed by atoms with Crippen LogP contribution in [0.4, 0.5) is 4.79 Å². The Labute approximate surface area is 108 Å². The van der Waals surface area contributed by atoms with Gasteiger partial charge in [-0.05, 0) is 25.7 Å². The Hall–Kier alpha value is -1.26. The van der Waals surface area contributed by atoms with Crippen molar-refractivity contribution in [3.8, 4) is 0 Å². The summed E-state index contributed by atoms with van der Waals surface area (Å²) in [5, 5.41) is 13.7. The second-order valence-corrected chi connectivity index (χ2v) is 5.64. The normalized spacial score (nSPS) is 23.6. The van der Waals surface area contributed by atoms with Crippen LogP contribution in [0, 0.1) is 5.41 Å². The van der Waals surface area contributed by atoms with Crippen LogP contribution in [0.1, 0.15) is 57.8 Å². The van der Waals surface area contributed by atoms with E-state index in [1.54, 1.807) is 0 Å². The van der Waals surface area contributed by atoms with Gasteiger partial charge in [0, 0.05) is 6.04 Å². The first-order chi connectivity index (χ1) is 8.62. The lowest BCUT2D eigenvalue weighted by atomic mass is 9.95. The fourth-order valence-corrected chi connectivity index (χ4v) is 3.13. The van der Waals surface area contributed by atoms with Crippen molar-refractivity contribution >= 4 is 11.9 Å². The molecule has 0 unspecified atom stereocenters. The molecule has 0 atom stereocenters. The molecule has 2 aliphatic carbocycles. The van der Waals surface area contributed by atoms with Crippen LogP contribution in [0.3, 0.4) is 0 Å². The smallest absolute Gasteiger partial charge is 0.315 e. The lowest BCUT2D eigenvalue weighted by molar-refractivity contribution is 0.225. The minimum absolute atomic E-state index is 0.0961. The van der Waals surface area contributed by atoms with Crippen LogP contribution in [0.2, 0.25) is 0 Å². The zero-order chi connectivity index (χ0) is 13.0. The van der Waals surface area contributed by atoms with Gasteiger partial charge >= 0.3 is 6.03 Å². The monoisotopic (exact) mass is 252 g/mol. The van der Waals surface area contributed by atoms with Crippen molar-refractivity contribution in [1.29, 1.82) is 5.41 Å². The molecule has 0 bridgehead atoms. The number of nitrogens with one attached hydrogen (secondary N) is 3. The first-order valence-electron chi connectivity index (χ1n) is 7.06. The minimum atomic E-state index is -0.585. The molecule has 0 aromatic heterocycles. The summed E-state index contributed by atoms with van der Waals surface area (Å²) in [6, 6.07) is 0.142. The summed E-state index contributed by atoms with van der Waals surface area (Å²) < 4.78 is 0. The Kier molecular flexibility index (Phi) is 4.09. The number of rotatable bonds is 3. The van der Waals surface area contributed by atoms with Crippen LogP contribution >= 0.6 is 0 Å². The highest BCUT2D eigenvalue weighted by Gasteiger charge is 2.38. The van der Waals surface area contributed by atoms with Gasteiger partial charge in [0.05, 0.1) is 5.54 Å². The van der Waals surface area contributed by atoms with Gasteiger partial charge in [-0.3, -0.25) is 5.41 Å². The van der Waals surface area contributed by atoms with Crippen molar-refractivity contribution in [2.24, 2.45) is 5.73 Å². The maximum absolute atomic E-state index is 12.0. The van der Waals surface area contributed by atoms with Crippen LogP contribution in [0.15, 0.2) is 0 Å². The van der Waals surface area contributed by atoms with Crippen LogP contribution in [0.25, 0.3) is 0 Å². The summed E-state index contributed by atoms with van der Waals surface area (Å²) in [6.45, 7) is 0. The molecule has 102 valence electrons. The van der Waals surface area contributed by atoms with Crippen molar-refractivity contribution < 1.29 is 4.79 Å². The minimum Gasteiger partial charge on any atom is -0.386 e. The standard InChI is InChI=1S/C13H24N4O/c14-11(15)13(8-4-5-9-13)17-12(18)16-10-6-2-1-3-7-10/h10H,1-9H2,(H3,14,15)(H2,16,17,18). The summed E-state index contributed by atoms with van der Waals surface area (Å²) in [6.07, 6.45) is 9.46. The van der Waals surface area contributed by atoms with Crippen molar-refractivity contribution in [1.82, 2.24) is 10.6 Å². The summed E-state index contributed by atoms with van der Waals surface area (Å²) in [5.74, 6) is 0.0961. The molecule has 0 saturated heterocycles. The molecule has 0 aromatic carbocycles. The maximum atomic E-state index is 12.0. The Morgan fingerprint density at radius 1 is 1.11 bits per heavy atom. The lowest BCUT2D eigenvalue weighted by Gasteiger charge is -2.31. The summed E-state index contributed by atoms with van der Waals surface area (Å²) >= 11 is 0. The van der Waals surface area contributed by atoms with Gasteiger partial charge in [0.15, 0.2) is 0 Å². The van der Waals surface area contributed by atoms with E-state index < -0.39 is 5.54 Å². The third kappa shape index (κ3) is 2.94. The fraction of sp³-hybridized carbons (Fsp3) is 0.846. The van der Waals surface area contributed by atoms with Gasteiger partial charge in [0.25, 0.3) is 0 Å². The topological polar surface area (TPSA) is 91.0 Å². The van der Waals surface area contributed by atoms with Crippen LogP contribution in [0.5, 0.6) is 0 Å². The quantitative estimate of drug-likeness (QED) is 0.456. The number of nitrogens with two attached hydrogens (primary N) is 1. The summed E-state index contributed by atoms with van der Waals surface area (Å²) in [4.78, 5) is 12.0. The van der Waals surface area contributed by atoms with Gasteiger partial charge in [0.2, 0.25) is 0 Å². The third-order valence-corrected chi connectivity index (χ3v) is 4.27. The van der Waals surface area contributed by atoms with Crippen molar-refractivity contribution in [3.63, 3.8) is 0 Å². The molecule has 2 aliphatic rings. The molecule has 18 heavy (non-hydrogen) atoms. The van der Waals surface area contributed by atoms with Crippen LogP contribution in [-0.4, -0.2) is 23.4 Å². The summed E-state index contributed by atoms with van der Waals surface area (Å²) in [5.41, 5.74) is 5.07. The van der Waals surface area contributed by atoms with Gasteiger partial charge in [-0.2, -0.15) is 0 Å². The van der Waals surface area contributed by atoms with Gasteiger partial charge in [-0.1, -0.05) is 32.1 Å². The maximum Gasteiger partial charge on any atom is 0.315 e. The Bertz CT molecular complexity index is 317. The number of carbonyl (C=O) groups excluding carboxylic acids is 1. The highest BCUT2D eigenvalue weighted by atomic mass is 16.2. The summed E-state index contributed by atoms with van der Waals surface area (Å²) in [7, 11) is 0. The lowest BCUT2D eigenvalue weighted by Crippen LogP contribution is -2.59. The van der Waals surface area contributed by atoms with Crippen LogP contribution in [-0.2, 0) is 0 Å². The van der Waals surface area contributed by atoms with E-state index in [-0.39, 0.29) is 11.9 Å². The highest BCUT2D eigenvalue weighted by molar-refractivity contribution is 5.92. The second-order valence-electron chi connectivity index (χ2n) is 5.64. The molecule has 0 heterocycles. The van der Waals surface area contributed by atoms with E-state index in [9.17, 15) is 4.79 Å². The highest BCUT2D eigenvalue weighted by Crippen LogP contribution is 2.29. The van der Waals surface area contributed by atoms with Crippen LogP contribution < -0.4 is 16.4 Å². The molecule has 5 heteroatoms. The average molecular weight is 252 g/mol. The Morgan fingerprint density at radius 2 is 1.72 bits per heavy atom. The van der Waals surface area contributed by atoms with E-state index in [0.717, 1.165) is 38.5 Å². The molecule has 2 amide bonds. The third-order valence-electron chi connectivity index (χ3n) is 4.27. The van der Waals surface area contributed by atoms with E-state index in [4.69, 9.17) is 11.1 Å². The first kappa shape index (κ1) is 13.2. The Morgan fingerprint density at radius 3 is 2.28 bits per heavy atom. The largest absolute Gasteiger partial charge is 0.386 e. The number of amidine groups is 1. The van der Waals surface area contributed by atoms with Gasteiger partial charge in [-0.25, -0.2) is 4.79 Å². The number of hydrogen-bond donors (Lipinski definition) is 4. The van der Waals surface area contributed by atoms with E-state index in [1.807, 2.05) is 0 Å². The second kappa shape index (κ2) is 5.59. The van der Waals surface area contributed by atoms with Gasteiger partial charge in [-0.15, -0.1) is 0 Å². The zero-order valence-corrected chi connectivity index (χ0v) is 10.9. The SMILES string of the molecule is N=C(N)C1(NC(=O)NC2CCCCC2)CCCC1. The molecule has 0 radical (unpaired) electrons. The molecular weight excluding hydrogens is 228 g/mol. The molecule has 0 aromatic rings. The van der Waals surface area contributed by atoms with Gasteiger partial charge in [0.1, 0.15) is 5.84 Å². The van der Waals surface area contributed by atoms with Gasteiger partial charge < -0.3 is 16.4 Å². The molecule has 5 nitrogen and oxygen atoms in total. The average Bonchev–Trinajstić information content (AvgIpc) is 2.80. The predicted octanol–water partition coefficient (Wildman–Crippen LogP) is 1.87. The Balaban J connectivity index is 1.87. The molecule has 2 fully saturated rings. The number of hydrogen-bond acceptors (Lipinski definition) is 2. The molecule has 5 N–H and O–H groups in total. The molecule has 0 spiro atoms. The predicted molar refractivity (Wildman–Crippen MR) is 71.7 cm³/mol. The molecular formula is C13H24N4O. The van der Waals surface area contributed by atoms with E-state index in [1.165, 1.54) is 19.3 Å². The van der Waals surface area contributed by atoms with Crippen molar-refractivity contribution in [3.05, 3.63) is 0 Å². The molecule has 2 saturated carbocycles. The zero-order valence-electron chi connectivity index (χ0n) is 10.9. The van der Waals surface area contributed by atoms with Crippen molar-refractivity contribution in [2.45, 2.75) is 69.4 Å². The molecule has 0 aliphatic heterocycles. The fourth-order valence-electron chi connectivity index (χ4n) is 3.13. The number of carbonyl (C=O) groups is 1. The van der Waals surface area contributed by atoms with E-state index in [2.05, 4.69) is 10.6 Å². The number of urea groups is 1. The number of amides is 2. The van der Waals surface area contributed by atoms with Crippen molar-refractivity contribution in [2.75, 3.05) is 0 Å². The van der Waals surface area contributed by atoms with E-state index >= 15 is 0 Å².